The summed E-state index contributed by atoms with van der Waals surface area (Å²) in [7, 11) is 0. The molecule has 0 spiro atoms. The number of benzene rings is 1. The minimum Gasteiger partial charge on any atom is -0.381 e. The lowest BCUT2D eigenvalue weighted by molar-refractivity contribution is 0.449. The molecule has 0 saturated carbocycles. The third-order valence-electron chi connectivity index (χ3n) is 2.24. The summed E-state index contributed by atoms with van der Waals surface area (Å²) in [6.07, 6.45) is 0. The van der Waals surface area contributed by atoms with Gasteiger partial charge in [-0.2, -0.15) is 0 Å². The molecule has 19 heavy (non-hydrogen) atoms. The van der Waals surface area contributed by atoms with Crippen LogP contribution in [0.4, 0.5) is 39.3 Å². The first kappa shape index (κ1) is 13.1. The summed E-state index contributed by atoms with van der Waals surface area (Å²) in [6, 6.07) is 1.92. The number of pyridine rings is 1. The summed E-state index contributed by atoms with van der Waals surface area (Å²) >= 11 is 0. The molecule has 1 heterocycles. The molecular formula is C11H6F5N3. The number of hydrogen-bond donors (Lipinski definition) is 2. The van der Waals surface area contributed by atoms with E-state index in [1.54, 1.807) is 0 Å². The molecule has 2 rings (SSSR count). The molecule has 0 atom stereocenters. The van der Waals surface area contributed by atoms with Gasteiger partial charge >= 0.3 is 0 Å². The van der Waals surface area contributed by atoms with Crippen molar-refractivity contribution in [3.05, 3.63) is 47.3 Å². The zero-order valence-electron chi connectivity index (χ0n) is 9.15. The lowest BCUT2D eigenvalue weighted by Gasteiger charge is -2.09. The third kappa shape index (κ3) is 2.42. The van der Waals surface area contributed by atoms with Gasteiger partial charge in [0.25, 0.3) is 0 Å². The van der Waals surface area contributed by atoms with Crippen molar-refractivity contribution < 1.29 is 22.0 Å². The van der Waals surface area contributed by atoms with Crippen LogP contribution in [0.15, 0.2) is 18.2 Å². The maximum atomic E-state index is 13.3. The first-order valence-corrected chi connectivity index (χ1v) is 4.92. The van der Waals surface area contributed by atoms with Crippen molar-refractivity contribution in [3.8, 4) is 0 Å². The Morgan fingerprint density at radius 1 is 0.895 bits per heavy atom. The molecule has 8 heteroatoms. The van der Waals surface area contributed by atoms with E-state index >= 15 is 0 Å². The van der Waals surface area contributed by atoms with E-state index in [2.05, 4.69) is 10.3 Å². The molecule has 100 valence electrons. The second kappa shape index (κ2) is 4.71. The first-order valence-electron chi connectivity index (χ1n) is 4.92. The Labute approximate surface area is 103 Å². The molecule has 0 bridgehead atoms. The van der Waals surface area contributed by atoms with Crippen LogP contribution in [0.3, 0.4) is 0 Å². The standard InChI is InChI=1S/C11H6F5N3/c12-4-1-2-7(9(16)8(4)15)18-11-6(14)3-5(13)10(17)19-11/h1-3H,(H3,17,18,19). The molecule has 0 radical (unpaired) electrons. The van der Waals surface area contributed by atoms with Crippen LogP contribution in [-0.2, 0) is 0 Å². The number of aromatic nitrogens is 1. The Bertz CT molecular complexity index is 645. The second-order valence-electron chi connectivity index (χ2n) is 3.53. The fourth-order valence-electron chi connectivity index (χ4n) is 1.32. The zero-order chi connectivity index (χ0) is 14.2. The minimum atomic E-state index is -1.72. The van der Waals surface area contributed by atoms with E-state index in [1.165, 1.54) is 0 Å². The van der Waals surface area contributed by atoms with Gasteiger partial charge in [-0.05, 0) is 12.1 Å². The van der Waals surface area contributed by atoms with Crippen LogP contribution in [0.5, 0.6) is 0 Å². The predicted molar refractivity (Wildman–Crippen MR) is 58.2 cm³/mol. The van der Waals surface area contributed by atoms with Gasteiger partial charge in [0.05, 0.1) is 5.69 Å². The number of nitrogens with one attached hydrogen (secondary N) is 1. The minimum absolute atomic E-state index is 0.433. The maximum Gasteiger partial charge on any atom is 0.196 e. The molecule has 0 unspecified atom stereocenters. The first-order chi connectivity index (χ1) is 8.90. The average molecular weight is 275 g/mol. The van der Waals surface area contributed by atoms with Gasteiger partial charge in [-0.25, -0.2) is 26.9 Å². The van der Waals surface area contributed by atoms with E-state index in [0.717, 1.165) is 6.07 Å². The van der Waals surface area contributed by atoms with Gasteiger partial charge in [0.15, 0.2) is 40.7 Å². The van der Waals surface area contributed by atoms with E-state index in [-0.39, 0.29) is 0 Å². The van der Waals surface area contributed by atoms with Gasteiger partial charge in [-0.15, -0.1) is 0 Å². The van der Waals surface area contributed by atoms with Gasteiger partial charge in [-0.3, -0.25) is 0 Å². The van der Waals surface area contributed by atoms with Gasteiger partial charge in [0.1, 0.15) is 0 Å². The van der Waals surface area contributed by atoms with Crippen LogP contribution in [0.25, 0.3) is 0 Å². The quantitative estimate of drug-likeness (QED) is 0.654. The van der Waals surface area contributed by atoms with Crippen LogP contribution in [-0.4, -0.2) is 4.98 Å². The second-order valence-corrected chi connectivity index (χ2v) is 3.53. The van der Waals surface area contributed by atoms with Crippen molar-refractivity contribution in [1.29, 1.82) is 0 Å². The number of anilines is 3. The molecule has 0 amide bonds. The van der Waals surface area contributed by atoms with Gasteiger partial charge in [0.2, 0.25) is 0 Å². The van der Waals surface area contributed by atoms with Crippen LogP contribution in [0, 0.1) is 29.1 Å². The van der Waals surface area contributed by atoms with Crippen LogP contribution >= 0.6 is 0 Å². The topological polar surface area (TPSA) is 50.9 Å². The summed E-state index contributed by atoms with van der Waals surface area (Å²) < 4.78 is 65.1. The lowest BCUT2D eigenvalue weighted by atomic mass is 10.2. The van der Waals surface area contributed by atoms with Crippen molar-refractivity contribution in [2.75, 3.05) is 11.1 Å². The van der Waals surface area contributed by atoms with E-state index in [4.69, 9.17) is 5.73 Å². The van der Waals surface area contributed by atoms with E-state index in [9.17, 15) is 22.0 Å². The Balaban J connectivity index is 2.42. The lowest BCUT2D eigenvalue weighted by Crippen LogP contribution is -2.05. The molecular weight excluding hydrogens is 269 g/mol. The van der Waals surface area contributed by atoms with Crippen molar-refractivity contribution >= 4 is 17.3 Å². The normalized spacial score (nSPS) is 10.6. The van der Waals surface area contributed by atoms with Crippen molar-refractivity contribution in [2.24, 2.45) is 0 Å². The van der Waals surface area contributed by atoms with Crippen LogP contribution in [0.2, 0.25) is 0 Å². The molecule has 0 aliphatic rings. The largest absolute Gasteiger partial charge is 0.381 e. The number of nitrogens with two attached hydrogens (primary N) is 1. The molecule has 2 aromatic rings. The smallest absolute Gasteiger partial charge is 0.196 e. The van der Waals surface area contributed by atoms with Crippen molar-refractivity contribution in [2.45, 2.75) is 0 Å². The van der Waals surface area contributed by atoms with Crippen LogP contribution < -0.4 is 11.1 Å². The SMILES string of the molecule is Nc1nc(Nc2ccc(F)c(F)c2F)c(F)cc1F. The van der Waals surface area contributed by atoms with E-state index < -0.39 is 46.4 Å². The van der Waals surface area contributed by atoms with Crippen LogP contribution in [0.1, 0.15) is 0 Å². The Hall–Kier alpha value is -2.38. The molecule has 1 aromatic carbocycles. The highest BCUT2D eigenvalue weighted by molar-refractivity contribution is 5.59. The van der Waals surface area contributed by atoms with Gasteiger partial charge < -0.3 is 11.1 Å². The summed E-state index contributed by atoms with van der Waals surface area (Å²) in [5, 5.41) is 2.06. The number of rotatable bonds is 2. The number of nitrogen functional groups attached to an aromatic ring is 1. The summed E-state index contributed by atoms with van der Waals surface area (Å²) in [5.74, 6) is -8.14. The summed E-state index contributed by atoms with van der Waals surface area (Å²) in [6.45, 7) is 0. The average Bonchev–Trinajstić information content (AvgIpc) is 2.36. The molecule has 1 aromatic heterocycles. The fraction of sp³-hybridized carbons (Fsp3) is 0. The molecule has 3 N–H and O–H groups in total. The highest BCUT2D eigenvalue weighted by atomic mass is 19.2. The molecule has 0 fully saturated rings. The third-order valence-corrected chi connectivity index (χ3v) is 2.24. The van der Waals surface area contributed by atoms with E-state index in [0.29, 0.717) is 12.1 Å². The predicted octanol–water partition coefficient (Wildman–Crippen LogP) is 3.10. The molecule has 0 aliphatic heterocycles. The van der Waals surface area contributed by atoms with Gasteiger partial charge in [-0.1, -0.05) is 0 Å². The zero-order valence-corrected chi connectivity index (χ0v) is 9.15. The molecule has 0 aliphatic carbocycles. The number of hydrogen-bond acceptors (Lipinski definition) is 3. The Kier molecular flexibility index (Phi) is 3.24. The van der Waals surface area contributed by atoms with Gasteiger partial charge in [0, 0.05) is 6.07 Å². The summed E-state index contributed by atoms with van der Waals surface area (Å²) in [5.41, 5.74) is 4.56. The maximum absolute atomic E-state index is 13.3. The van der Waals surface area contributed by atoms with Crippen molar-refractivity contribution in [1.82, 2.24) is 4.98 Å². The fourth-order valence-corrected chi connectivity index (χ4v) is 1.32. The monoisotopic (exact) mass is 275 g/mol. The summed E-state index contributed by atoms with van der Waals surface area (Å²) in [4.78, 5) is 3.29. The number of nitrogens with zero attached hydrogens (tertiary/aromatic N) is 1. The highest BCUT2D eigenvalue weighted by Crippen LogP contribution is 2.25. The van der Waals surface area contributed by atoms with E-state index in [1.807, 2.05) is 0 Å². The molecule has 0 saturated heterocycles. The molecule has 3 nitrogen and oxygen atoms in total. The highest BCUT2D eigenvalue weighted by Gasteiger charge is 2.16. The van der Waals surface area contributed by atoms with Crippen molar-refractivity contribution in [3.63, 3.8) is 0 Å². The number of halogens is 5. The Morgan fingerprint density at radius 3 is 2.26 bits per heavy atom. The Morgan fingerprint density at radius 2 is 1.58 bits per heavy atom.